The maximum atomic E-state index is 12.0. The summed E-state index contributed by atoms with van der Waals surface area (Å²) >= 11 is 5.78. The summed E-state index contributed by atoms with van der Waals surface area (Å²) < 4.78 is 28.2. The van der Waals surface area contributed by atoms with Crippen molar-refractivity contribution in [3.63, 3.8) is 0 Å². The highest BCUT2D eigenvalue weighted by molar-refractivity contribution is 7.92. The van der Waals surface area contributed by atoms with Crippen molar-refractivity contribution in [2.75, 3.05) is 4.72 Å². The topological polar surface area (TPSA) is 64.0 Å². The summed E-state index contributed by atoms with van der Waals surface area (Å²) in [6.07, 6.45) is 4.58. The molecule has 0 amide bonds. The van der Waals surface area contributed by atoms with E-state index in [0.29, 0.717) is 16.4 Å². The van der Waals surface area contributed by atoms with E-state index in [1.54, 1.807) is 30.8 Å². The highest BCUT2D eigenvalue weighted by atomic mass is 35.5. The SMILES string of the molecule is Cc1cc(NS(=O)(=O)c2ccn(C)c2)cnc1Cl. The molecule has 96 valence electrons. The first kappa shape index (κ1) is 12.9. The van der Waals surface area contributed by atoms with E-state index in [4.69, 9.17) is 11.6 Å². The van der Waals surface area contributed by atoms with Crippen LogP contribution in [0.15, 0.2) is 35.6 Å². The smallest absolute Gasteiger partial charge is 0.263 e. The Morgan fingerprint density at radius 1 is 1.44 bits per heavy atom. The molecule has 0 aliphatic carbocycles. The molecule has 0 saturated carbocycles. The number of halogens is 1. The van der Waals surface area contributed by atoms with E-state index in [9.17, 15) is 8.42 Å². The summed E-state index contributed by atoms with van der Waals surface area (Å²) in [7, 11) is -1.82. The number of pyridine rings is 1. The van der Waals surface area contributed by atoms with Gasteiger partial charge in [0.1, 0.15) is 10.0 Å². The van der Waals surface area contributed by atoms with Gasteiger partial charge in [0.2, 0.25) is 0 Å². The van der Waals surface area contributed by atoms with E-state index in [2.05, 4.69) is 9.71 Å². The van der Waals surface area contributed by atoms with E-state index < -0.39 is 10.0 Å². The minimum Gasteiger partial charge on any atom is -0.356 e. The maximum Gasteiger partial charge on any atom is 0.263 e. The third-order valence-corrected chi connectivity index (χ3v) is 4.14. The Morgan fingerprint density at radius 2 is 2.17 bits per heavy atom. The van der Waals surface area contributed by atoms with Gasteiger partial charge in [-0.05, 0) is 24.6 Å². The third kappa shape index (κ3) is 2.65. The fourth-order valence-electron chi connectivity index (χ4n) is 1.46. The van der Waals surface area contributed by atoms with Gasteiger partial charge in [-0.3, -0.25) is 4.72 Å². The summed E-state index contributed by atoms with van der Waals surface area (Å²) in [5.41, 5.74) is 1.10. The zero-order valence-electron chi connectivity index (χ0n) is 9.88. The molecule has 0 aromatic carbocycles. The Balaban J connectivity index is 2.30. The van der Waals surface area contributed by atoms with Gasteiger partial charge >= 0.3 is 0 Å². The van der Waals surface area contributed by atoms with E-state index in [0.717, 1.165) is 0 Å². The zero-order chi connectivity index (χ0) is 13.3. The zero-order valence-corrected chi connectivity index (χ0v) is 11.5. The number of aromatic nitrogens is 2. The van der Waals surface area contributed by atoms with Gasteiger partial charge in [0.15, 0.2) is 0 Å². The molecule has 0 radical (unpaired) electrons. The molecule has 2 heterocycles. The predicted molar refractivity (Wildman–Crippen MR) is 70.2 cm³/mol. The van der Waals surface area contributed by atoms with Crippen LogP contribution in [0.4, 0.5) is 5.69 Å². The van der Waals surface area contributed by atoms with Crippen LogP contribution in [0, 0.1) is 6.92 Å². The van der Waals surface area contributed by atoms with Gasteiger partial charge in [-0.2, -0.15) is 0 Å². The third-order valence-electron chi connectivity index (χ3n) is 2.38. The molecule has 2 rings (SSSR count). The average Bonchev–Trinajstić information content (AvgIpc) is 2.71. The van der Waals surface area contributed by atoms with Gasteiger partial charge in [0.05, 0.1) is 11.9 Å². The monoisotopic (exact) mass is 285 g/mol. The highest BCUT2D eigenvalue weighted by Gasteiger charge is 2.15. The lowest BCUT2D eigenvalue weighted by Crippen LogP contribution is -2.12. The molecular weight excluding hydrogens is 274 g/mol. The van der Waals surface area contributed by atoms with Crippen molar-refractivity contribution in [3.05, 3.63) is 41.4 Å². The second-order valence-electron chi connectivity index (χ2n) is 3.95. The molecule has 2 aromatic heterocycles. The summed E-state index contributed by atoms with van der Waals surface area (Å²) in [6.45, 7) is 1.76. The first-order valence-corrected chi connectivity index (χ1v) is 7.01. The first-order chi connectivity index (χ1) is 8.38. The quantitative estimate of drug-likeness (QED) is 0.879. The number of rotatable bonds is 3. The van der Waals surface area contributed by atoms with Crippen LogP contribution in [0.5, 0.6) is 0 Å². The second-order valence-corrected chi connectivity index (χ2v) is 5.99. The molecule has 0 unspecified atom stereocenters. The van der Waals surface area contributed by atoms with E-state index in [1.165, 1.54) is 18.5 Å². The molecular formula is C11H12ClN3O2S. The molecule has 1 N–H and O–H groups in total. The van der Waals surface area contributed by atoms with Crippen molar-refractivity contribution in [1.29, 1.82) is 0 Å². The van der Waals surface area contributed by atoms with Crippen LogP contribution >= 0.6 is 11.6 Å². The minimum atomic E-state index is -3.58. The number of nitrogens with zero attached hydrogens (tertiary/aromatic N) is 2. The van der Waals surface area contributed by atoms with Gasteiger partial charge in [-0.1, -0.05) is 11.6 Å². The highest BCUT2D eigenvalue weighted by Crippen LogP contribution is 2.19. The number of nitrogens with one attached hydrogen (secondary N) is 1. The van der Waals surface area contributed by atoms with Crippen LogP contribution in [0.3, 0.4) is 0 Å². The number of hydrogen-bond acceptors (Lipinski definition) is 3. The summed E-state index contributed by atoms with van der Waals surface area (Å²) in [6, 6.07) is 3.16. The Kier molecular flexibility index (Phi) is 3.32. The number of sulfonamides is 1. The fourth-order valence-corrected chi connectivity index (χ4v) is 2.65. The van der Waals surface area contributed by atoms with Gasteiger partial charge in [0.25, 0.3) is 10.0 Å². The van der Waals surface area contributed by atoms with Crippen molar-refractivity contribution in [1.82, 2.24) is 9.55 Å². The van der Waals surface area contributed by atoms with Crippen LogP contribution in [0.2, 0.25) is 5.15 Å². The Labute approximate surface area is 110 Å². The van der Waals surface area contributed by atoms with Gasteiger partial charge in [0, 0.05) is 19.4 Å². The van der Waals surface area contributed by atoms with Crippen LogP contribution in [-0.4, -0.2) is 18.0 Å². The van der Waals surface area contributed by atoms with E-state index >= 15 is 0 Å². The maximum absolute atomic E-state index is 12.0. The Hall–Kier alpha value is -1.53. The van der Waals surface area contributed by atoms with Crippen molar-refractivity contribution in [2.45, 2.75) is 11.8 Å². The normalized spacial score (nSPS) is 11.5. The van der Waals surface area contributed by atoms with Gasteiger partial charge < -0.3 is 4.57 Å². The van der Waals surface area contributed by atoms with Crippen molar-refractivity contribution >= 4 is 27.3 Å². The standard InChI is InChI=1S/C11H12ClN3O2S/c1-8-5-9(6-13-11(8)12)14-18(16,17)10-3-4-15(2)7-10/h3-7,14H,1-2H3. The first-order valence-electron chi connectivity index (χ1n) is 5.15. The molecule has 0 aliphatic rings. The lowest BCUT2D eigenvalue weighted by atomic mass is 10.3. The van der Waals surface area contributed by atoms with Crippen LogP contribution in [0.1, 0.15) is 5.56 Å². The molecule has 2 aromatic rings. The van der Waals surface area contributed by atoms with Crippen LogP contribution in [0.25, 0.3) is 0 Å². The molecule has 0 atom stereocenters. The number of hydrogen-bond donors (Lipinski definition) is 1. The molecule has 7 heteroatoms. The van der Waals surface area contributed by atoms with Crippen LogP contribution < -0.4 is 4.72 Å². The molecule has 0 bridgehead atoms. The molecule has 5 nitrogen and oxygen atoms in total. The number of anilines is 1. The lowest BCUT2D eigenvalue weighted by molar-refractivity contribution is 0.601. The summed E-state index contributed by atoms with van der Waals surface area (Å²) in [4.78, 5) is 4.10. The summed E-state index contributed by atoms with van der Waals surface area (Å²) in [5, 5.41) is 0.359. The predicted octanol–water partition coefficient (Wildman–Crippen LogP) is 2.18. The van der Waals surface area contributed by atoms with Crippen LogP contribution in [-0.2, 0) is 17.1 Å². The van der Waals surface area contributed by atoms with E-state index in [1.807, 2.05) is 0 Å². The van der Waals surface area contributed by atoms with Crippen molar-refractivity contribution in [3.8, 4) is 0 Å². The van der Waals surface area contributed by atoms with E-state index in [-0.39, 0.29) is 4.90 Å². The average molecular weight is 286 g/mol. The van der Waals surface area contributed by atoms with Gasteiger partial charge in [-0.15, -0.1) is 0 Å². The molecule has 0 fully saturated rings. The molecule has 0 spiro atoms. The minimum absolute atomic E-state index is 0.206. The lowest BCUT2D eigenvalue weighted by Gasteiger charge is -2.07. The Morgan fingerprint density at radius 3 is 2.72 bits per heavy atom. The fraction of sp³-hybridized carbons (Fsp3) is 0.182. The Bertz CT molecular complexity index is 679. The molecule has 0 aliphatic heterocycles. The number of aryl methyl sites for hydroxylation is 2. The molecule has 0 saturated heterocycles. The largest absolute Gasteiger partial charge is 0.356 e. The second kappa shape index (κ2) is 4.62. The summed E-state index contributed by atoms with van der Waals surface area (Å²) in [5.74, 6) is 0. The van der Waals surface area contributed by atoms with Crippen molar-refractivity contribution in [2.24, 2.45) is 7.05 Å². The van der Waals surface area contributed by atoms with Gasteiger partial charge in [-0.25, -0.2) is 13.4 Å². The molecule has 18 heavy (non-hydrogen) atoms. The van der Waals surface area contributed by atoms with Crippen molar-refractivity contribution < 1.29 is 8.42 Å².